The van der Waals surface area contributed by atoms with Crippen molar-refractivity contribution >= 4 is 16.9 Å². The summed E-state index contributed by atoms with van der Waals surface area (Å²) in [5.41, 5.74) is 3.12. The maximum absolute atomic E-state index is 12.1. The van der Waals surface area contributed by atoms with Crippen LogP contribution in [0.15, 0.2) is 78.9 Å². The lowest BCUT2D eigenvalue weighted by molar-refractivity contribution is -0.123. The number of nitrogens with zero attached hydrogens (tertiary/aromatic N) is 2. The van der Waals surface area contributed by atoms with Crippen LogP contribution in [0.5, 0.6) is 11.5 Å². The van der Waals surface area contributed by atoms with E-state index in [0.29, 0.717) is 31.9 Å². The molecule has 0 atom stereocenters. The molecule has 0 aliphatic heterocycles. The summed E-state index contributed by atoms with van der Waals surface area (Å²) in [6.45, 7) is 3.73. The highest BCUT2D eigenvalue weighted by molar-refractivity contribution is 5.77. The lowest BCUT2D eigenvalue weighted by Gasteiger charge is -2.12. The molecule has 0 aliphatic carbocycles. The number of aryl methyl sites for hydroxylation is 1. The predicted octanol–water partition coefficient (Wildman–Crippen LogP) is 4.16. The van der Waals surface area contributed by atoms with Gasteiger partial charge < -0.3 is 19.4 Å². The summed E-state index contributed by atoms with van der Waals surface area (Å²) in [7, 11) is 0. The number of rotatable bonds is 10. The molecule has 164 valence electrons. The van der Waals surface area contributed by atoms with E-state index in [4.69, 9.17) is 14.5 Å². The van der Waals surface area contributed by atoms with E-state index in [9.17, 15) is 4.79 Å². The van der Waals surface area contributed by atoms with Gasteiger partial charge in [-0.2, -0.15) is 0 Å². The molecule has 3 aromatic carbocycles. The quantitative estimate of drug-likeness (QED) is 0.411. The Kier molecular flexibility index (Phi) is 7.02. The second-order valence-corrected chi connectivity index (χ2v) is 7.48. The maximum atomic E-state index is 12.1. The van der Waals surface area contributed by atoms with E-state index in [1.807, 2.05) is 79.7 Å². The van der Waals surface area contributed by atoms with Crippen LogP contribution in [0.1, 0.15) is 11.4 Å². The Labute approximate surface area is 187 Å². The molecule has 0 fully saturated rings. The van der Waals surface area contributed by atoms with E-state index < -0.39 is 0 Å². The first kappa shape index (κ1) is 21.4. The Morgan fingerprint density at radius 1 is 0.938 bits per heavy atom. The average Bonchev–Trinajstić information content (AvgIpc) is 3.17. The maximum Gasteiger partial charge on any atom is 0.257 e. The summed E-state index contributed by atoms with van der Waals surface area (Å²) < 4.78 is 13.7. The van der Waals surface area contributed by atoms with Crippen LogP contribution in [0, 0.1) is 6.92 Å². The van der Waals surface area contributed by atoms with Gasteiger partial charge in [-0.15, -0.1) is 0 Å². The Morgan fingerprint density at radius 2 is 1.69 bits per heavy atom. The third-order valence-corrected chi connectivity index (χ3v) is 5.18. The van der Waals surface area contributed by atoms with E-state index >= 15 is 0 Å². The zero-order chi connectivity index (χ0) is 22.2. The van der Waals surface area contributed by atoms with Crippen molar-refractivity contribution in [3.63, 3.8) is 0 Å². The van der Waals surface area contributed by atoms with Crippen molar-refractivity contribution in [2.45, 2.75) is 19.9 Å². The first-order chi connectivity index (χ1) is 15.7. The number of fused-ring (bicyclic) bond motifs is 1. The summed E-state index contributed by atoms with van der Waals surface area (Å²) >= 11 is 0. The number of ether oxygens (including phenoxy) is 2. The molecule has 1 N–H and O–H groups in total. The second-order valence-electron chi connectivity index (χ2n) is 7.48. The average molecular weight is 430 g/mol. The fraction of sp³-hybridized carbons (Fsp3) is 0.231. The first-order valence-electron chi connectivity index (χ1n) is 10.8. The van der Waals surface area contributed by atoms with Crippen molar-refractivity contribution in [1.29, 1.82) is 0 Å². The minimum Gasteiger partial charge on any atom is -0.491 e. The third-order valence-electron chi connectivity index (χ3n) is 5.18. The van der Waals surface area contributed by atoms with Crippen LogP contribution in [0.2, 0.25) is 0 Å². The molecule has 0 bridgehead atoms. The minimum absolute atomic E-state index is 0.00923. The standard InChI is InChI=1S/C26H27N3O3/c1-20-9-5-8-14-24(20)31-18-17-29-23-13-7-6-12-22(23)28-25(29)15-16-27-26(30)19-32-21-10-3-2-4-11-21/h2-14H,15-19H2,1H3,(H,27,30). The van der Waals surface area contributed by atoms with Crippen LogP contribution >= 0.6 is 0 Å². The van der Waals surface area contributed by atoms with Gasteiger partial charge >= 0.3 is 0 Å². The molecule has 6 heteroatoms. The number of para-hydroxylation sites is 4. The van der Waals surface area contributed by atoms with E-state index in [1.54, 1.807) is 0 Å². The van der Waals surface area contributed by atoms with Crippen LogP contribution < -0.4 is 14.8 Å². The van der Waals surface area contributed by atoms with Gasteiger partial charge in [0.25, 0.3) is 5.91 Å². The van der Waals surface area contributed by atoms with Gasteiger partial charge in [0.1, 0.15) is 23.9 Å². The first-order valence-corrected chi connectivity index (χ1v) is 10.8. The minimum atomic E-state index is -0.153. The lowest BCUT2D eigenvalue weighted by Crippen LogP contribution is -2.31. The number of amides is 1. The zero-order valence-corrected chi connectivity index (χ0v) is 18.2. The van der Waals surface area contributed by atoms with E-state index in [0.717, 1.165) is 28.2 Å². The second kappa shape index (κ2) is 10.5. The van der Waals surface area contributed by atoms with Gasteiger partial charge in [-0.05, 0) is 42.8 Å². The highest BCUT2D eigenvalue weighted by Crippen LogP contribution is 2.19. The van der Waals surface area contributed by atoms with Gasteiger partial charge in [0.2, 0.25) is 0 Å². The molecule has 0 radical (unpaired) electrons. The highest BCUT2D eigenvalue weighted by atomic mass is 16.5. The molecule has 4 aromatic rings. The molecule has 0 saturated carbocycles. The summed E-state index contributed by atoms with van der Waals surface area (Å²) in [4.78, 5) is 16.9. The smallest absolute Gasteiger partial charge is 0.257 e. The van der Waals surface area contributed by atoms with Crippen LogP contribution in [-0.2, 0) is 17.8 Å². The molecule has 1 heterocycles. The number of carbonyl (C=O) groups is 1. The molecular formula is C26H27N3O3. The lowest BCUT2D eigenvalue weighted by atomic mass is 10.2. The topological polar surface area (TPSA) is 65.4 Å². The van der Waals surface area contributed by atoms with E-state index in [-0.39, 0.29) is 12.5 Å². The largest absolute Gasteiger partial charge is 0.491 e. The van der Waals surface area contributed by atoms with Crippen LogP contribution in [0.3, 0.4) is 0 Å². The van der Waals surface area contributed by atoms with Gasteiger partial charge in [-0.1, -0.05) is 48.5 Å². The van der Waals surface area contributed by atoms with Crippen molar-refractivity contribution in [3.8, 4) is 11.5 Å². The van der Waals surface area contributed by atoms with E-state index in [2.05, 4.69) is 16.0 Å². The van der Waals surface area contributed by atoms with E-state index in [1.165, 1.54) is 0 Å². The van der Waals surface area contributed by atoms with Crippen molar-refractivity contribution in [2.24, 2.45) is 0 Å². The zero-order valence-electron chi connectivity index (χ0n) is 18.2. The molecule has 0 unspecified atom stereocenters. The molecule has 0 aliphatic rings. The van der Waals surface area contributed by atoms with Crippen molar-refractivity contribution in [2.75, 3.05) is 19.8 Å². The number of imidazole rings is 1. The Balaban J connectivity index is 1.34. The van der Waals surface area contributed by atoms with Crippen molar-refractivity contribution in [3.05, 3.63) is 90.3 Å². The summed E-state index contributed by atoms with van der Waals surface area (Å²) in [6, 6.07) is 25.4. The fourth-order valence-corrected chi connectivity index (χ4v) is 3.56. The number of nitrogens with one attached hydrogen (secondary N) is 1. The normalized spacial score (nSPS) is 10.8. The van der Waals surface area contributed by atoms with Crippen molar-refractivity contribution in [1.82, 2.24) is 14.9 Å². The predicted molar refractivity (Wildman–Crippen MR) is 125 cm³/mol. The number of aromatic nitrogens is 2. The summed E-state index contributed by atoms with van der Waals surface area (Å²) in [5.74, 6) is 2.34. The van der Waals surface area contributed by atoms with Crippen LogP contribution in [-0.4, -0.2) is 35.2 Å². The van der Waals surface area contributed by atoms with Crippen LogP contribution in [0.4, 0.5) is 0 Å². The number of carbonyl (C=O) groups excluding carboxylic acids is 1. The molecule has 32 heavy (non-hydrogen) atoms. The van der Waals surface area contributed by atoms with Crippen LogP contribution in [0.25, 0.3) is 11.0 Å². The SMILES string of the molecule is Cc1ccccc1OCCn1c(CCNC(=O)COc2ccccc2)nc2ccccc21. The molecule has 0 spiro atoms. The molecular weight excluding hydrogens is 402 g/mol. The number of hydrogen-bond donors (Lipinski definition) is 1. The monoisotopic (exact) mass is 429 g/mol. The summed E-state index contributed by atoms with van der Waals surface area (Å²) in [5, 5.41) is 2.91. The van der Waals surface area contributed by atoms with Gasteiger partial charge in [0.05, 0.1) is 17.6 Å². The summed E-state index contributed by atoms with van der Waals surface area (Å²) in [6.07, 6.45) is 0.621. The van der Waals surface area contributed by atoms with Gasteiger partial charge in [0.15, 0.2) is 6.61 Å². The Hall–Kier alpha value is -3.80. The molecule has 1 amide bonds. The molecule has 0 saturated heterocycles. The Morgan fingerprint density at radius 3 is 2.53 bits per heavy atom. The van der Waals surface area contributed by atoms with Gasteiger partial charge in [-0.3, -0.25) is 4.79 Å². The fourth-order valence-electron chi connectivity index (χ4n) is 3.56. The highest BCUT2D eigenvalue weighted by Gasteiger charge is 2.11. The van der Waals surface area contributed by atoms with Gasteiger partial charge in [-0.25, -0.2) is 4.98 Å². The van der Waals surface area contributed by atoms with Crippen molar-refractivity contribution < 1.29 is 14.3 Å². The molecule has 4 rings (SSSR count). The third kappa shape index (κ3) is 5.46. The number of benzene rings is 3. The molecule has 6 nitrogen and oxygen atoms in total. The van der Waals surface area contributed by atoms with Gasteiger partial charge in [0, 0.05) is 13.0 Å². The molecule has 1 aromatic heterocycles. The Bertz CT molecular complexity index is 1170. The number of hydrogen-bond acceptors (Lipinski definition) is 4.